The zero-order valence-corrected chi connectivity index (χ0v) is 13.0. The molecule has 0 saturated heterocycles. The van der Waals surface area contributed by atoms with Crippen LogP contribution in [0.25, 0.3) is 0 Å². The minimum absolute atomic E-state index is 0.0100. The third-order valence-corrected chi connectivity index (χ3v) is 4.70. The number of nitrogen functional groups attached to an aromatic ring is 1. The standard InChI is InChI=1S/C13H13BrN2O3S/c1-8-2-4-12(10(14)6-8)16-20(18,19)9-3-5-13(17)11(15)7-9/h2-7,16-17H,15H2,1H3. The van der Waals surface area contributed by atoms with Crippen molar-refractivity contribution in [1.82, 2.24) is 0 Å². The quantitative estimate of drug-likeness (QED) is 0.582. The van der Waals surface area contributed by atoms with Gasteiger partial charge in [0.25, 0.3) is 10.0 Å². The van der Waals surface area contributed by atoms with E-state index in [4.69, 9.17) is 5.73 Å². The summed E-state index contributed by atoms with van der Waals surface area (Å²) in [6.07, 6.45) is 0. The lowest BCUT2D eigenvalue weighted by Gasteiger charge is -2.11. The maximum Gasteiger partial charge on any atom is 0.262 e. The molecular weight excluding hydrogens is 344 g/mol. The number of nitrogens with two attached hydrogens (primary N) is 1. The molecule has 0 aromatic heterocycles. The normalized spacial score (nSPS) is 11.3. The molecule has 5 nitrogen and oxygen atoms in total. The van der Waals surface area contributed by atoms with Gasteiger partial charge in [0.15, 0.2) is 0 Å². The summed E-state index contributed by atoms with van der Waals surface area (Å²) in [5.74, 6) is -0.152. The van der Waals surface area contributed by atoms with Crippen molar-refractivity contribution in [3.8, 4) is 5.75 Å². The number of rotatable bonds is 3. The monoisotopic (exact) mass is 356 g/mol. The smallest absolute Gasteiger partial charge is 0.262 e. The van der Waals surface area contributed by atoms with Crippen molar-refractivity contribution in [3.63, 3.8) is 0 Å². The van der Waals surface area contributed by atoms with E-state index in [1.165, 1.54) is 18.2 Å². The molecule has 0 aliphatic rings. The van der Waals surface area contributed by atoms with E-state index in [-0.39, 0.29) is 16.3 Å². The second kappa shape index (κ2) is 5.34. The maximum absolute atomic E-state index is 12.2. The van der Waals surface area contributed by atoms with Crippen LogP contribution in [-0.4, -0.2) is 13.5 Å². The highest BCUT2D eigenvalue weighted by Gasteiger charge is 2.16. The SMILES string of the molecule is Cc1ccc(NS(=O)(=O)c2ccc(O)c(N)c2)c(Br)c1. The van der Waals surface area contributed by atoms with E-state index >= 15 is 0 Å². The summed E-state index contributed by atoms with van der Waals surface area (Å²) in [5.41, 5.74) is 6.96. The molecule has 2 rings (SSSR count). The van der Waals surface area contributed by atoms with Gasteiger partial charge in [-0.1, -0.05) is 6.07 Å². The van der Waals surface area contributed by atoms with Crippen molar-refractivity contribution in [3.05, 3.63) is 46.4 Å². The number of hydrogen-bond donors (Lipinski definition) is 3. The second-order valence-corrected chi connectivity index (χ2v) is 6.85. The number of anilines is 2. The van der Waals surface area contributed by atoms with E-state index in [2.05, 4.69) is 20.7 Å². The number of hydrogen-bond acceptors (Lipinski definition) is 4. The molecule has 7 heteroatoms. The highest BCUT2D eigenvalue weighted by atomic mass is 79.9. The van der Waals surface area contributed by atoms with Crippen molar-refractivity contribution in [2.45, 2.75) is 11.8 Å². The molecule has 2 aromatic rings. The lowest BCUT2D eigenvalue weighted by atomic mass is 10.2. The van der Waals surface area contributed by atoms with Crippen molar-refractivity contribution in [1.29, 1.82) is 0 Å². The topological polar surface area (TPSA) is 92.4 Å². The minimum atomic E-state index is -3.76. The van der Waals surface area contributed by atoms with Crippen molar-refractivity contribution in [2.24, 2.45) is 0 Å². The van der Waals surface area contributed by atoms with E-state index in [1.807, 2.05) is 13.0 Å². The van der Waals surface area contributed by atoms with Crippen LogP contribution < -0.4 is 10.5 Å². The lowest BCUT2D eigenvalue weighted by molar-refractivity contribution is 0.477. The number of benzene rings is 2. The number of phenols is 1. The number of halogens is 1. The third-order valence-electron chi connectivity index (χ3n) is 2.68. The maximum atomic E-state index is 12.2. The number of sulfonamides is 1. The van der Waals surface area contributed by atoms with Gasteiger partial charge in [-0.3, -0.25) is 4.72 Å². The van der Waals surface area contributed by atoms with E-state index in [0.717, 1.165) is 5.56 Å². The van der Waals surface area contributed by atoms with E-state index < -0.39 is 10.0 Å². The Morgan fingerprint density at radius 2 is 1.90 bits per heavy atom. The Hall–Kier alpha value is -1.73. The molecular formula is C13H13BrN2O3S. The first-order chi connectivity index (χ1) is 9.29. The molecule has 0 aliphatic carbocycles. The Labute approximate surface area is 125 Å². The van der Waals surface area contributed by atoms with Gasteiger partial charge in [0.2, 0.25) is 0 Å². The van der Waals surface area contributed by atoms with Crippen molar-refractivity contribution < 1.29 is 13.5 Å². The van der Waals surface area contributed by atoms with Crippen LogP contribution in [0.4, 0.5) is 11.4 Å². The molecule has 0 unspecified atom stereocenters. The fourth-order valence-electron chi connectivity index (χ4n) is 1.61. The molecule has 0 heterocycles. The summed E-state index contributed by atoms with van der Waals surface area (Å²) < 4.78 is 27.6. The first-order valence-electron chi connectivity index (χ1n) is 5.67. The summed E-state index contributed by atoms with van der Waals surface area (Å²) in [4.78, 5) is -0.0136. The van der Waals surface area contributed by atoms with Gasteiger partial charge < -0.3 is 10.8 Å². The van der Waals surface area contributed by atoms with Gasteiger partial charge in [-0.2, -0.15) is 0 Å². The molecule has 0 amide bonds. The third kappa shape index (κ3) is 3.05. The Morgan fingerprint density at radius 3 is 2.50 bits per heavy atom. The molecule has 0 saturated carbocycles. The zero-order valence-electron chi connectivity index (χ0n) is 10.6. The van der Waals surface area contributed by atoms with Gasteiger partial charge in [-0.25, -0.2) is 8.42 Å². The molecule has 0 radical (unpaired) electrons. The molecule has 20 heavy (non-hydrogen) atoms. The summed E-state index contributed by atoms with van der Waals surface area (Å²) in [5, 5.41) is 9.33. The van der Waals surface area contributed by atoms with E-state index in [1.54, 1.807) is 12.1 Å². The molecule has 2 aromatic carbocycles. The van der Waals surface area contributed by atoms with Gasteiger partial charge in [0.1, 0.15) is 5.75 Å². The van der Waals surface area contributed by atoms with E-state index in [9.17, 15) is 13.5 Å². The Kier molecular flexibility index (Phi) is 3.92. The van der Waals surface area contributed by atoms with E-state index in [0.29, 0.717) is 10.2 Å². The van der Waals surface area contributed by atoms with Gasteiger partial charge in [-0.15, -0.1) is 0 Å². The van der Waals surface area contributed by atoms with Crippen LogP contribution in [0.15, 0.2) is 45.8 Å². The first-order valence-corrected chi connectivity index (χ1v) is 7.95. The van der Waals surface area contributed by atoms with Gasteiger partial charge in [0.05, 0.1) is 16.3 Å². The summed E-state index contributed by atoms with van der Waals surface area (Å²) >= 11 is 3.31. The van der Waals surface area contributed by atoms with Crippen molar-refractivity contribution in [2.75, 3.05) is 10.5 Å². The molecule has 0 aliphatic heterocycles. The minimum Gasteiger partial charge on any atom is -0.506 e. The number of aryl methyl sites for hydroxylation is 1. The highest BCUT2D eigenvalue weighted by molar-refractivity contribution is 9.10. The highest BCUT2D eigenvalue weighted by Crippen LogP contribution is 2.28. The Bertz CT molecular complexity index is 760. The van der Waals surface area contributed by atoms with Crippen LogP contribution in [0, 0.1) is 6.92 Å². The first kappa shape index (κ1) is 14.7. The fourth-order valence-corrected chi connectivity index (χ4v) is 3.44. The van der Waals surface area contributed by atoms with Crippen LogP contribution >= 0.6 is 15.9 Å². The molecule has 0 atom stereocenters. The molecule has 0 bridgehead atoms. The zero-order chi connectivity index (χ0) is 14.9. The second-order valence-electron chi connectivity index (χ2n) is 4.31. The molecule has 0 spiro atoms. The van der Waals surface area contributed by atoms with Gasteiger partial charge in [0, 0.05) is 4.47 Å². The van der Waals surface area contributed by atoms with Crippen LogP contribution in [-0.2, 0) is 10.0 Å². The predicted molar refractivity (Wildman–Crippen MR) is 82.2 cm³/mol. The molecule has 0 fully saturated rings. The van der Waals surface area contributed by atoms with Gasteiger partial charge >= 0.3 is 0 Å². The fraction of sp³-hybridized carbons (Fsp3) is 0.0769. The van der Waals surface area contributed by atoms with Crippen molar-refractivity contribution >= 4 is 37.3 Å². The summed E-state index contributed by atoms with van der Waals surface area (Å²) in [6.45, 7) is 1.91. The summed E-state index contributed by atoms with van der Waals surface area (Å²) in [6, 6.07) is 9.02. The number of aromatic hydroxyl groups is 1. The average Bonchev–Trinajstić information content (AvgIpc) is 2.36. The Morgan fingerprint density at radius 1 is 1.20 bits per heavy atom. The molecule has 4 N–H and O–H groups in total. The van der Waals surface area contributed by atoms with Crippen LogP contribution in [0.1, 0.15) is 5.56 Å². The predicted octanol–water partition coefficient (Wildman–Crippen LogP) is 2.85. The number of phenolic OH excluding ortho intramolecular Hbond substituents is 1. The largest absolute Gasteiger partial charge is 0.506 e. The lowest BCUT2D eigenvalue weighted by Crippen LogP contribution is -2.13. The number of nitrogens with one attached hydrogen (secondary N) is 1. The summed E-state index contributed by atoms with van der Waals surface area (Å²) in [7, 11) is -3.76. The average molecular weight is 357 g/mol. The van der Waals surface area contributed by atoms with Crippen LogP contribution in [0.5, 0.6) is 5.75 Å². The van der Waals surface area contributed by atoms with Crippen LogP contribution in [0.3, 0.4) is 0 Å². The molecule has 106 valence electrons. The van der Waals surface area contributed by atoms with Gasteiger partial charge in [-0.05, 0) is 58.7 Å². The Balaban J connectivity index is 2.38. The van der Waals surface area contributed by atoms with Crippen LogP contribution in [0.2, 0.25) is 0 Å².